The molecule has 3 aromatic carbocycles. The van der Waals surface area contributed by atoms with Gasteiger partial charge < -0.3 is 9.84 Å². The standard InChI is InChI=1S/C21H20N4O2S/c1-15-9-11-17(12-10-15)25-21(22-23-24-25)28-14-18(26)13-27-20-8-4-6-16-5-2-3-7-19(16)20/h2-12,18,26H,13-14H2,1H3/t18-/m0/s1. The molecule has 0 saturated carbocycles. The molecule has 1 atom stereocenters. The minimum absolute atomic E-state index is 0.201. The highest BCUT2D eigenvalue weighted by atomic mass is 32.2. The van der Waals surface area contributed by atoms with Crippen molar-refractivity contribution in [1.82, 2.24) is 20.2 Å². The lowest BCUT2D eigenvalue weighted by Gasteiger charge is -2.13. The number of rotatable bonds is 7. The molecule has 1 heterocycles. The van der Waals surface area contributed by atoms with Crippen LogP contribution in [0.5, 0.6) is 5.75 Å². The summed E-state index contributed by atoms with van der Waals surface area (Å²) in [5.74, 6) is 1.20. The van der Waals surface area contributed by atoms with Crippen molar-refractivity contribution in [2.75, 3.05) is 12.4 Å². The smallest absolute Gasteiger partial charge is 0.214 e. The predicted octanol–water partition coefficient (Wildman–Crippen LogP) is 3.66. The minimum Gasteiger partial charge on any atom is -0.490 e. The van der Waals surface area contributed by atoms with E-state index in [9.17, 15) is 5.11 Å². The third-order valence-corrected chi connectivity index (χ3v) is 5.37. The van der Waals surface area contributed by atoms with Crippen LogP contribution in [0.2, 0.25) is 0 Å². The van der Waals surface area contributed by atoms with Gasteiger partial charge in [0.2, 0.25) is 5.16 Å². The molecule has 28 heavy (non-hydrogen) atoms. The number of fused-ring (bicyclic) bond motifs is 1. The Bertz CT molecular complexity index is 1060. The SMILES string of the molecule is Cc1ccc(-n2nnnc2SC[C@@H](O)COc2cccc3ccccc23)cc1. The summed E-state index contributed by atoms with van der Waals surface area (Å²) in [4.78, 5) is 0. The van der Waals surface area contributed by atoms with E-state index in [2.05, 4.69) is 15.5 Å². The number of tetrazole rings is 1. The molecule has 0 saturated heterocycles. The molecule has 142 valence electrons. The molecule has 0 bridgehead atoms. The molecule has 0 amide bonds. The molecular formula is C21H20N4O2S. The van der Waals surface area contributed by atoms with E-state index in [1.54, 1.807) is 4.68 Å². The molecule has 6 nitrogen and oxygen atoms in total. The lowest BCUT2D eigenvalue weighted by Crippen LogP contribution is -2.20. The van der Waals surface area contributed by atoms with Crippen molar-refractivity contribution in [3.05, 3.63) is 72.3 Å². The number of hydrogen-bond donors (Lipinski definition) is 1. The third kappa shape index (κ3) is 4.16. The Morgan fingerprint density at radius 1 is 1.04 bits per heavy atom. The molecule has 4 rings (SSSR count). The molecule has 0 radical (unpaired) electrons. The maximum atomic E-state index is 10.4. The second-order valence-corrected chi connectivity index (χ2v) is 7.45. The quantitative estimate of drug-likeness (QED) is 0.484. The fraction of sp³-hybridized carbons (Fsp3) is 0.190. The summed E-state index contributed by atoms with van der Waals surface area (Å²) in [6, 6.07) is 21.9. The van der Waals surface area contributed by atoms with E-state index in [1.165, 1.54) is 17.3 Å². The van der Waals surface area contributed by atoms with Gasteiger partial charge in [-0.2, -0.15) is 4.68 Å². The van der Waals surface area contributed by atoms with Crippen LogP contribution in [-0.2, 0) is 0 Å². The molecule has 0 unspecified atom stereocenters. The van der Waals surface area contributed by atoms with E-state index < -0.39 is 6.10 Å². The first-order valence-electron chi connectivity index (χ1n) is 8.97. The number of aryl methyl sites for hydroxylation is 1. The molecule has 7 heteroatoms. The topological polar surface area (TPSA) is 73.1 Å². The minimum atomic E-state index is -0.646. The van der Waals surface area contributed by atoms with Crippen molar-refractivity contribution >= 4 is 22.5 Å². The van der Waals surface area contributed by atoms with E-state index in [-0.39, 0.29) is 6.61 Å². The number of aliphatic hydroxyl groups is 1. The summed E-state index contributed by atoms with van der Waals surface area (Å²) in [6.07, 6.45) is -0.646. The summed E-state index contributed by atoms with van der Waals surface area (Å²) < 4.78 is 7.53. The van der Waals surface area contributed by atoms with E-state index in [0.717, 1.165) is 22.2 Å². The van der Waals surface area contributed by atoms with Gasteiger partial charge in [-0.25, -0.2) is 0 Å². The molecule has 0 aliphatic carbocycles. The number of ether oxygens (including phenoxy) is 1. The van der Waals surface area contributed by atoms with E-state index >= 15 is 0 Å². The van der Waals surface area contributed by atoms with Crippen LogP contribution in [0.3, 0.4) is 0 Å². The molecule has 4 aromatic rings. The zero-order valence-electron chi connectivity index (χ0n) is 15.4. The van der Waals surface area contributed by atoms with Gasteiger partial charge in [0.1, 0.15) is 12.4 Å². The highest BCUT2D eigenvalue weighted by molar-refractivity contribution is 7.99. The molecule has 0 aliphatic heterocycles. The Labute approximate surface area is 167 Å². The average Bonchev–Trinajstić information content (AvgIpc) is 3.20. The molecule has 1 aromatic heterocycles. The van der Waals surface area contributed by atoms with Crippen molar-refractivity contribution in [2.45, 2.75) is 18.2 Å². The maximum Gasteiger partial charge on any atom is 0.214 e. The highest BCUT2D eigenvalue weighted by Crippen LogP contribution is 2.25. The van der Waals surface area contributed by atoms with Crippen molar-refractivity contribution in [3.63, 3.8) is 0 Å². The summed E-state index contributed by atoms with van der Waals surface area (Å²) >= 11 is 1.40. The molecular weight excluding hydrogens is 372 g/mol. The zero-order valence-corrected chi connectivity index (χ0v) is 16.2. The monoisotopic (exact) mass is 392 g/mol. The largest absolute Gasteiger partial charge is 0.490 e. The predicted molar refractivity (Wildman–Crippen MR) is 110 cm³/mol. The van der Waals surface area contributed by atoms with Crippen molar-refractivity contribution < 1.29 is 9.84 Å². The Hall–Kier alpha value is -2.90. The van der Waals surface area contributed by atoms with Gasteiger partial charge >= 0.3 is 0 Å². The van der Waals surface area contributed by atoms with Crippen LogP contribution >= 0.6 is 11.8 Å². The maximum absolute atomic E-state index is 10.4. The number of aromatic nitrogens is 4. The first kappa shape index (κ1) is 18.5. The summed E-state index contributed by atoms with van der Waals surface area (Å²) in [5.41, 5.74) is 2.06. The van der Waals surface area contributed by atoms with Crippen molar-refractivity contribution in [3.8, 4) is 11.4 Å². The van der Waals surface area contributed by atoms with Gasteiger partial charge in [-0.1, -0.05) is 65.9 Å². The van der Waals surface area contributed by atoms with Crippen molar-refractivity contribution in [1.29, 1.82) is 0 Å². The van der Waals surface area contributed by atoms with Crippen LogP contribution in [0.1, 0.15) is 5.56 Å². The van der Waals surface area contributed by atoms with Gasteiger partial charge in [-0.05, 0) is 40.9 Å². The van der Waals surface area contributed by atoms with E-state index in [1.807, 2.05) is 73.7 Å². The lowest BCUT2D eigenvalue weighted by atomic mass is 10.1. The second kappa shape index (κ2) is 8.41. The van der Waals surface area contributed by atoms with Gasteiger partial charge in [0.15, 0.2) is 0 Å². The Kier molecular flexibility index (Phi) is 5.55. The Balaban J connectivity index is 1.37. The van der Waals surface area contributed by atoms with Crippen LogP contribution in [0, 0.1) is 6.92 Å². The fourth-order valence-corrected chi connectivity index (χ4v) is 3.64. The van der Waals surface area contributed by atoms with Gasteiger partial charge in [-0.3, -0.25) is 0 Å². The molecule has 0 fully saturated rings. The van der Waals surface area contributed by atoms with Crippen LogP contribution in [0.15, 0.2) is 71.9 Å². The van der Waals surface area contributed by atoms with E-state index in [0.29, 0.717) is 10.9 Å². The average molecular weight is 392 g/mol. The number of benzene rings is 3. The molecule has 1 N–H and O–H groups in total. The normalized spacial score (nSPS) is 12.2. The van der Waals surface area contributed by atoms with Crippen molar-refractivity contribution in [2.24, 2.45) is 0 Å². The van der Waals surface area contributed by atoms with Crippen LogP contribution in [-0.4, -0.2) is 43.8 Å². The van der Waals surface area contributed by atoms with Crippen LogP contribution < -0.4 is 4.74 Å². The first-order valence-corrected chi connectivity index (χ1v) is 9.96. The molecule has 0 spiro atoms. The third-order valence-electron chi connectivity index (χ3n) is 4.31. The number of nitrogens with zero attached hydrogens (tertiary/aromatic N) is 4. The fourth-order valence-electron chi connectivity index (χ4n) is 2.84. The Morgan fingerprint density at radius 3 is 2.68 bits per heavy atom. The molecule has 0 aliphatic rings. The second-order valence-electron chi connectivity index (χ2n) is 6.46. The Morgan fingerprint density at radius 2 is 1.82 bits per heavy atom. The van der Waals surface area contributed by atoms with Gasteiger partial charge in [0, 0.05) is 11.1 Å². The highest BCUT2D eigenvalue weighted by Gasteiger charge is 2.13. The lowest BCUT2D eigenvalue weighted by molar-refractivity contribution is 0.127. The van der Waals surface area contributed by atoms with Gasteiger partial charge in [0.25, 0.3) is 0 Å². The first-order chi connectivity index (χ1) is 13.7. The van der Waals surface area contributed by atoms with E-state index in [4.69, 9.17) is 4.74 Å². The summed E-state index contributed by atoms with van der Waals surface area (Å²) in [7, 11) is 0. The number of thioether (sulfide) groups is 1. The zero-order chi connectivity index (χ0) is 19.3. The summed E-state index contributed by atoms with van der Waals surface area (Å²) in [5, 5.41) is 25.0. The van der Waals surface area contributed by atoms with Crippen LogP contribution in [0.4, 0.5) is 0 Å². The summed E-state index contributed by atoms with van der Waals surface area (Å²) in [6.45, 7) is 2.23. The van der Waals surface area contributed by atoms with Crippen LogP contribution in [0.25, 0.3) is 16.5 Å². The van der Waals surface area contributed by atoms with Gasteiger partial charge in [-0.15, -0.1) is 5.10 Å². The van der Waals surface area contributed by atoms with Gasteiger partial charge in [0.05, 0.1) is 11.8 Å². The number of hydrogen-bond acceptors (Lipinski definition) is 6. The number of aliphatic hydroxyl groups excluding tert-OH is 1.